The van der Waals surface area contributed by atoms with Crippen LogP contribution in [0.25, 0.3) is 0 Å². The number of halogens is 3. The molecule has 0 saturated heterocycles. The van der Waals surface area contributed by atoms with Gasteiger partial charge in [-0.1, -0.05) is 35.3 Å². The molecule has 2 aromatic rings. The van der Waals surface area contributed by atoms with Crippen molar-refractivity contribution in [3.63, 3.8) is 0 Å². The Morgan fingerprint density at radius 1 is 1.18 bits per heavy atom. The molecule has 0 bridgehead atoms. The molecular weight excluding hydrogens is 346 g/mol. The minimum Gasteiger partial charge on any atom is -0.494 e. The summed E-state index contributed by atoms with van der Waals surface area (Å²) in [7, 11) is 0.198. The minimum absolute atomic E-state index is 0.173. The van der Waals surface area contributed by atoms with Gasteiger partial charge in [0.2, 0.25) is 0 Å². The zero-order chi connectivity index (χ0) is 16.3. The first kappa shape index (κ1) is 17.3. The number of benzene rings is 2. The summed E-state index contributed by atoms with van der Waals surface area (Å²) in [6.07, 6.45) is 0. The third-order valence-corrected chi connectivity index (χ3v) is 5.75. The number of methoxy groups -OCH3 is 1. The molecule has 0 saturated carbocycles. The van der Waals surface area contributed by atoms with Gasteiger partial charge in [-0.25, -0.2) is 4.39 Å². The van der Waals surface area contributed by atoms with Crippen molar-refractivity contribution in [1.29, 1.82) is 0 Å². The summed E-state index contributed by atoms with van der Waals surface area (Å²) in [6.45, 7) is 1.84. The molecule has 0 fully saturated rings. The molecule has 0 aliphatic rings. The Morgan fingerprint density at radius 2 is 1.91 bits per heavy atom. The Balaban J connectivity index is 2.14. The summed E-state index contributed by atoms with van der Waals surface area (Å²) < 4.78 is 31.0. The Morgan fingerprint density at radius 3 is 2.50 bits per heavy atom. The lowest BCUT2D eigenvalue weighted by Crippen LogP contribution is -2.06. The quantitative estimate of drug-likeness (QED) is 0.736. The van der Waals surface area contributed by atoms with Crippen molar-refractivity contribution in [2.75, 3.05) is 7.11 Å². The molecule has 22 heavy (non-hydrogen) atoms. The first-order chi connectivity index (χ1) is 10.4. The number of ether oxygens (including phenoxy) is 1. The topological polar surface area (TPSA) is 26.3 Å². The summed E-state index contributed by atoms with van der Waals surface area (Å²) >= 11 is 11.9. The van der Waals surface area contributed by atoms with Crippen molar-refractivity contribution in [3.8, 4) is 5.75 Å². The fraction of sp³-hybridized carbons (Fsp3) is 0.250. The van der Waals surface area contributed by atoms with Crippen molar-refractivity contribution in [2.45, 2.75) is 17.9 Å². The molecule has 2 rings (SSSR count). The molecule has 0 aromatic heterocycles. The lowest BCUT2D eigenvalue weighted by molar-refractivity contribution is 0.386. The molecule has 0 N–H and O–H groups in total. The molecule has 118 valence electrons. The largest absolute Gasteiger partial charge is 0.494 e. The van der Waals surface area contributed by atoms with Crippen LogP contribution >= 0.6 is 23.2 Å². The SMILES string of the molecule is COc1ccc(C[S@](=O)[C@@H](C)c2ccc(Cl)c(Cl)c2)cc1F. The third kappa shape index (κ3) is 4.00. The van der Waals surface area contributed by atoms with E-state index in [0.717, 1.165) is 5.56 Å². The molecule has 6 heteroatoms. The molecule has 0 aliphatic carbocycles. The highest BCUT2D eigenvalue weighted by Gasteiger charge is 2.16. The van der Waals surface area contributed by atoms with Crippen molar-refractivity contribution >= 4 is 34.0 Å². The first-order valence-corrected chi connectivity index (χ1v) is 8.70. The highest BCUT2D eigenvalue weighted by Crippen LogP contribution is 2.29. The summed E-state index contributed by atoms with van der Waals surface area (Å²) in [4.78, 5) is 0. The molecular formula is C16H15Cl2FO2S. The number of rotatable bonds is 5. The Labute approximate surface area is 141 Å². The van der Waals surface area contributed by atoms with Gasteiger partial charge in [0.25, 0.3) is 0 Å². The maximum absolute atomic E-state index is 13.7. The molecule has 2 nitrogen and oxygen atoms in total. The predicted octanol–water partition coefficient (Wildman–Crippen LogP) is 5.15. The average Bonchev–Trinajstić information content (AvgIpc) is 2.49. The maximum atomic E-state index is 13.7. The molecule has 0 spiro atoms. The fourth-order valence-electron chi connectivity index (χ4n) is 2.01. The van der Waals surface area contributed by atoms with Gasteiger partial charge in [-0.3, -0.25) is 4.21 Å². The zero-order valence-electron chi connectivity index (χ0n) is 12.1. The zero-order valence-corrected chi connectivity index (χ0v) is 14.4. The minimum atomic E-state index is -1.21. The fourth-order valence-corrected chi connectivity index (χ4v) is 3.52. The van der Waals surface area contributed by atoms with E-state index < -0.39 is 16.6 Å². The number of hydrogen-bond donors (Lipinski definition) is 0. The molecule has 0 heterocycles. The van der Waals surface area contributed by atoms with Gasteiger partial charge in [0, 0.05) is 16.6 Å². The second-order valence-electron chi connectivity index (χ2n) is 4.81. The second-order valence-corrected chi connectivity index (χ2v) is 7.38. The van der Waals surface area contributed by atoms with E-state index in [2.05, 4.69) is 0 Å². The van der Waals surface area contributed by atoms with Crippen molar-refractivity contribution in [3.05, 3.63) is 63.4 Å². The van der Waals surface area contributed by atoms with E-state index >= 15 is 0 Å². The van der Waals surface area contributed by atoms with Gasteiger partial charge >= 0.3 is 0 Å². The first-order valence-electron chi connectivity index (χ1n) is 6.57. The highest BCUT2D eigenvalue weighted by atomic mass is 35.5. The van der Waals surface area contributed by atoms with E-state index in [0.29, 0.717) is 15.6 Å². The van der Waals surface area contributed by atoms with Crippen molar-refractivity contribution in [1.82, 2.24) is 0 Å². The van der Waals surface area contributed by atoms with Crippen LogP contribution in [-0.4, -0.2) is 11.3 Å². The lowest BCUT2D eigenvalue weighted by Gasteiger charge is -2.13. The van der Waals surface area contributed by atoms with E-state index in [-0.39, 0.29) is 16.8 Å². The van der Waals surface area contributed by atoms with Gasteiger partial charge in [-0.05, 0) is 42.3 Å². The molecule has 2 atom stereocenters. The van der Waals surface area contributed by atoms with Gasteiger partial charge in [-0.15, -0.1) is 0 Å². The van der Waals surface area contributed by atoms with Gasteiger partial charge in [0.1, 0.15) is 0 Å². The predicted molar refractivity (Wildman–Crippen MR) is 89.7 cm³/mol. The van der Waals surface area contributed by atoms with Gasteiger partial charge in [0.05, 0.1) is 22.4 Å². The van der Waals surface area contributed by atoms with E-state index in [9.17, 15) is 8.60 Å². The summed E-state index contributed by atoms with van der Waals surface area (Å²) in [6, 6.07) is 9.78. The van der Waals surface area contributed by atoms with E-state index in [1.54, 1.807) is 24.3 Å². The summed E-state index contributed by atoms with van der Waals surface area (Å²) in [5.41, 5.74) is 1.49. The van der Waals surface area contributed by atoms with E-state index in [1.807, 2.05) is 6.92 Å². The maximum Gasteiger partial charge on any atom is 0.165 e. The molecule has 0 amide bonds. The van der Waals surface area contributed by atoms with Crippen molar-refractivity contribution < 1.29 is 13.3 Å². The molecule has 2 aromatic carbocycles. The van der Waals surface area contributed by atoms with Crippen LogP contribution in [-0.2, 0) is 16.6 Å². The Hall–Kier alpha value is -1.10. The van der Waals surface area contributed by atoms with Gasteiger partial charge in [-0.2, -0.15) is 0 Å². The second kappa shape index (κ2) is 7.44. The van der Waals surface area contributed by atoms with Crippen molar-refractivity contribution in [2.24, 2.45) is 0 Å². The molecule has 0 radical (unpaired) electrons. The van der Waals surface area contributed by atoms with Crippen LogP contribution in [0.2, 0.25) is 10.0 Å². The van der Waals surface area contributed by atoms with Crippen LogP contribution in [0.1, 0.15) is 23.3 Å². The number of hydrogen-bond acceptors (Lipinski definition) is 2. The van der Waals surface area contributed by atoms with Crippen LogP contribution in [0.5, 0.6) is 5.75 Å². The average molecular weight is 361 g/mol. The van der Waals surface area contributed by atoms with E-state index in [1.165, 1.54) is 19.2 Å². The lowest BCUT2D eigenvalue weighted by atomic mass is 10.2. The standard InChI is InChI=1S/C16H15Cl2FO2S/c1-10(12-4-5-13(17)14(18)8-12)22(20)9-11-3-6-16(21-2)15(19)7-11/h3-8,10H,9H2,1-2H3/t10-,22-/m0/s1. The van der Waals surface area contributed by atoms with Crippen LogP contribution in [0.15, 0.2) is 36.4 Å². The monoisotopic (exact) mass is 360 g/mol. The van der Waals surface area contributed by atoms with Gasteiger partial charge < -0.3 is 4.74 Å². The summed E-state index contributed by atoms with van der Waals surface area (Å²) in [5.74, 6) is -0.0336. The van der Waals surface area contributed by atoms with Crippen LogP contribution < -0.4 is 4.74 Å². The Bertz CT molecular complexity index is 707. The van der Waals surface area contributed by atoms with Crippen LogP contribution in [0.4, 0.5) is 4.39 Å². The summed E-state index contributed by atoms with van der Waals surface area (Å²) in [5, 5.41) is 0.652. The Kier molecular flexibility index (Phi) is 5.84. The van der Waals surface area contributed by atoms with Crippen LogP contribution in [0, 0.1) is 5.82 Å². The van der Waals surface area contributed by atoms with Gasteiger partial charge in [0.15, 0.2) is 11.6 Å². The normalized spacial score (nSPS) is 13.7. The molecule has 0 aliphatic heterocycles. The van der Waals surface area contributed by atoms with E-state index in [4.69, 9.17) is 27.9 Å². The molecule has 0 unspecified atom stereocenters. The third-order valence-electron chi connectivity index (χ3n) is 3.33. The highest BCUT2D eigenvalue weighted by molar-refractivity contribution is 7.84. The smallest absolute Gasteiger partial charge is 0.165 e. The van der Waals surface area contributed by atoms with Crippen LogP contribution in [0.3, 0.4) is 0 Å².